The van der Waals surface area contributed by atoms with E-state index < -0.39 is 18.1 Å². The number of H-pyrrole nitrogens is 1. The van der Waals surface area contributed by atoms with E-state index in [1.807, 2.05) is 18.2 Å². The molecule has 0 radical (unpaired) electrons. The summed E-state index contributed by atoms with van der Waals surface area (Å²) in [4.78, 5) is 20.0. The molecule has 0 fully saturated rings. The largest absolute Gasteiger partial charge is 0.493 e. The molecule has 0 spiro atoms. The monoisotopic (exact) mass is 465 g/mol. The standard InChI is InChI=1S/C19H17N3O4.C2HF3O2/c1-25-15-8-11-7-14-17(13(11)9-16(15)26-2)21-22-18(14)20-12-5-3-4-10(6-12)19(23)24;3-2(4,5)1(6)7/h3-6,8-9H,7H2,1-2H3,(H,23,24)(H2,20,21,22);(H,6,7). The van der Waals surface area contributed by atoms with E-state index in [9.17, 15) is 18.0 Å². The van der Waals surface area contributed by atoms with Crippen molar-refractivity contribution in [3.8, 4) is 22.8 Å². The number of alkyl halides is 3. The Morgan fingerprint density at radius 2 is 1.73 bits per heavy atom. The number of hydrogen-bond acceptors (Lipinski definition) is 6. The molecule has 1 aliphatic carbocycles. The number of halogens is 3. The van der Waals surface area contributed by atoms with Gasteiger partial charge in [-0.15, -0.1) is 0 Å². The SMILES string of the molecule is COc1cc2c(cc1OC)-c1[nH]nc(Nc3cccc(C(=O)O)c3)c1C2.O=C(O)C(F)(F)F. The molecule has 0 amide bonds. The number of methoxy groups -OCH3 is 2. The van der Waals surface area contributed by atoms with E-state index in [2.05, 4.69) is 15.5 Å². The van der Waals surface area contributed by atoms with E-state index in [4.69, 9.17) is 24.5 Å². The number of nitrogens with zero attached hydrogens (tertiary/aromatic N) is 1. The fraction of sp³-hybridized carbons (Fsp3) is 0.190. The second kappa shape index (κ2) is 9.10. The molecule has 33 heavy (non-hydrogen) atoms. The van der Waals surface area contributed by atoms with Gasteiger partial charge < -0.3 is 25.0 Å². The Morgan fingerprint density at radius 1 is 1.09 bits per heavy atom. The fourth-order valence-electron chi connectivity index (χ4n) is 3.22. The first-order valence-electron chi connectivity index (χ1n) is 9.28. The normalized spacial score (nSPS) is 11.5. The lowest BCUT2D eigenvalue weighted by Crippen LogP contribution is -2.21. The number of anilines is 2. The summed E-state index contributed by atoms with van der Waals surface area (Å²) in [6, 6.07) is 10.5. The molecule has 0 saturated heterocycles. The number of rotatable bonds is 5. The predicted octanol–water partition coefficient (Wildman–Crippen LogP) is 4.07. The minimum absolute atomic E-state index is 0.222. The smallest absolute Gasteiger partial charge is 0.490 e. The van der Waals surface area contributed by atoms with Gasteiger partial charge in [-0.3, -0.25) is 5.10 Å². The summed E-state index contributed by atoms with van der Waals surface area (Å²) in [5.41, 5.74) is 4.99. The van der Waals surface area contributed by atoms with Gasteiger partial charge in [0.05, 0.1) is 25.5 Å². The van der Waals surface area contributed by atoms with Gasteiger partial charge in [0.2, 0.25) is 0 Å². The Balaban J connectivity index is 0.000000383. The molecule has 0 unspecified atom stereocenters. The van der Waals surface area contributed by atoms with Crippen molar-refractivity contribution in [1.29, 1.82) is 0 Å². The molecule has 2 aromatic carbocycles. The van der Waals surface area contributed by atoms with E-state index in [0.29, 0.717) is 29.4 Å². The molecule has 4 rings (SSSR count). The number of aliphatic carboxylic acids is 1. The van der Waals surface area contributed by atoms with Crippen LogP contribution in [0.3, 0.4) is 0 Å². The van der Waals surface area contributed by atoms with Crippen LogP contribution in [0.15, 0.2) is 36.4 Å². The van der Waals surface area contributed by atoms with Crippen LogP contribution in [0, 0.1) is 0 Å². The summed E-state index contributed by atoms with van der Waals surface area (Å²) in [7, 11) is 3.22. The van der Waals surface area contributed by atoms with Crippen LogP contribution in [0.25, 0.3) is 11.3 Å². The Morgan fingerprint density at radius 3 is 2.30 bits per heavy atom. The zero-order valence-corrected chi connectivity index (χ0v) is 17.3. The Kier molecular flexibility index (Phi) is 6.47. The number of fused-ring (bicyclic) bond motifs is 3. The van der Waals surface area contributed by atoms with Crippen LogP contribution in [0.2, 0.25) is 0 Å². The van der Waals surface area contributed by atoms with Crippen LogP contribution >= 0.6 is 0 Å². The van der Waals surface area contributed by atoms with Gasteiger partial charge in [-0.25, -0.2) is 9.59 Å². The van der Waals surface area contributed by atoms with Gasteiger partial charge in [0, 0.05) is 23.2 Å². The van der Waals surface area contributed by atoms with Crippen molar-refractivity contribution in [2.24, 2.45) is 0 Å². The van der Waals surface area contributed by atoms with Crippen molar-refractivity contribution in [3.63, 3.8) is 0 Å². The zero-order chi connectivity index (χ0) is 24.3. The van der Waals surface area contributed by atoms with Gasteiger partial charge in [0.15, 0.2) is 17.3 Å². The predicted molar refractivity (Wildman–Crippen MR) is 110 cm³/mol. The lowest BCUT2D eigenvalue weighted by Gasteiger charge is -2.10. The number of benzene rings is 2. The molecule has 12 heteroatoms. The second-order valence-corrected chi connectivity index (χ2v) is 6.78. The topological polar surface area (TPSA) is 134 Å². The van der Waals surface area contributed by atoms with Gasteiger partial charge in [-0.2, -0.15) is 18.3 Å². The zero-order valence-electron chi connectivity index (χ0n) is 17.3. The molecule has 0 atom stereocenters. The van der Waals surface area contributed by atoms with Crippen LogP contribution in [-0.4, -0.2) is 52.7 Å². The highest BCUT2D eigenvalue weighted by Crippen LogP contribution is 2.44. The van der Waals surface area contributed by atoms with E-state index in [-0.39, 0.29) is 5.56 Å². The minimum Gasteiger partial charge on any atom is -0.493 e. The number of aromatic nitrogens is 2. The highest BCUT2D eigenvalue weighted by molar-refractivity contribution is 5.89. The van der Waals surface area contributed by atoms with Gasteiger partial charge in [-0.05, 0) is 35.9 Å². The summed E-state index contributed by atoms with van der Waals surface area (Å²) in [5.74, 6) is -1.69. The summed E-state index contributed by atoms with van der Waals surface area (Å²) in [6.07, 6.45) is -4.39. The molecule has 9 nitrogen and oxygen atoms in total. The third-order valence-corrected chi connectivity index (χ3v) is 4.73. The Labute approximate surface area is 184 Å². The van der Waals surface area contributed by atoms with Gasteiger partial charge >= 0.3 is 18.1 Å². The summed E-state index contributed by atoms with van der Waals surface area (Å²) < 4.78 is 42.5. The van der Waals surface area contributed by atoms with Crippen LogP contribution in [0.1, 0.15) is 21.5 Å². The third kappa shape index (κ3) is 5.00. The fourth-order valence-corrected chi connectivity index (χ4v) is 3.22. The summed E-state index contributed by atoms with van der Waals surface area (Å²) in [6.45, 7) is 0. The summed E-state index contributed by atoms with van der Waals surface area (Å²) >= 11 is 0. The maximum absolute atomic E-state index is 11.1. The lowest BCUT2D eigenvalue weighted by molar-refractivity contribution is -0.192. The molecule has 0 saturated carbocycles. The van der Waals surface area contributed by atoms with Crippen molar-refractivity contribution in [2.75, 3.05) is 19.5 Å². The number of ether oxygens (including phenoxy) is 2. The number of aromatic carboxylic acids is 1. The molecule has 174 valence electrons. The lowest BCUT2D eigenvalue weighted by atomic mass is 10.1. The average Bonchev–Trinajstić information content (AvgIpc) is 3.32. The molecule has 1 aliphatic rings. The third-order valence-electron chi connectivity index (χ3n) is 4.73. The van der Waals surface area contributed by atoms with Crippen LogP contribution in [-0.2, 0) is 11.2 Å². The quantitative estimate of drug-likeness (QED) is 0.347. The molecule has 4 N–H and O–H groups in total. The van der Waals surface area contributed by atoms with Gasteiger partial charge in [0.1, 0.15) is 0 Å². The van der Waals surface area contributed by atoms with E-state index in [0.717, 1.165) is 22.4 Å². The minimum atomic E-state index is -5.08. The summed E-state index contributed by atoms with van der Waals surface area (Å²) in [5, 5.41) is 26.9. The molecule has 3 aromatic rings. The number of nitrogens with one attached hydrogen (secondary N) is 2. The Hall–Kier alpha value is -4.22. The van der Waals surface area contributed by atoms with Crippen LogP contribution in [0.5, 0.6) is 11.5 Å². The number of carbonyl (C=O) groups is 2. The number of aromatic amines is 1. The first-order valence-corrected chi connectivity index (χ1v) is 9.28. The first-order chi connectivity index (χ1) is 15.5. The van der Waals surface area contributed by atoms with Crippen molar-refractivity contribution in [1.82, 2.24) is 10.2 Å². The highest BCUT2D eigenvalue weighted by Gasteiger charge is 2.38. The highest BCUT2D eigenvalue weighted by atomic mass is 19.4. The number of hydrogen-bond donors (Lipinski definition) is 4. The second-order valence-electron chi connectivity index (χ2n) is 6.78. The van der Waals surface area contributed by atoms with Crippen LogP contribution < -0.4 is 14.8 Å². The van der Waals surface area contributed by atoms with Crippen molar-refractivity contribution < 1.29 is 42.4 Å². The molecular formula is C21H18F3N3O6. The number of carboxylic acid groups (broad SMARTS) is 2. The number of carboxylic acids is 2. The molecule has 1 aromatic heterocycles. The van der Waals surface area contributed by atoms with Gasteiger partial charge in [-0.1, -0.05) is 6.07 Å². The molecular weight excluding hydrogens is 447 g/mol. The van der Waals surface area contributed by atoms with Crippen molar-refractivity contribution in [2.45, 2.75) is 12.6 Å². The van der Waals surface area contributed by atoms with Crippen molar-refractivity contribution in [3.05, 3.63) is 53.1 Å². The molecule has 0 bridgehead atoms. The molecule has 1 heterocycles. The van der Waals surface area contributed by atoms with Crippen molar-refractivity contribution >= 4 is 23.4 Å². The van der Waals surface area contributed by atoms with E-state index in [1.165, 1.54) is 0 Å². The van der Waals surface area contributed by atoms with E-state index >= 15 is 0 Å². The van der Waals surface area contributed by atoms with Gasteiger partial charge in [0.25, 0.3) is 0 Å². The molecule has 0 aliphatic heterocycles. The average molecular weight is 465 g/mol. The maximum Gasteiger partial charge on any atom is 0.490 e. The van der Waals surface area contributed by atoms with Crippen LogP contribution in [0.4, 0.5) is 24.7 Å². The first kappa shape index (κ1) is 23.4. The Bertz CT molecular complexity index is 1210. The maximum atomic E-state index is 11.1. The van der Waals surface area contributed by atoms with E-state index in [1.54, 1.807) is 32.4 Å².